The van der Waals surface area contributed by atoms with Crippen molar-refractivity contribution in [2.24, 2.45) is 0 Å². The number of benzene rings is 3. The molecule has 2 amide bonds. The third-order valence-electron chi connectivity index (χ3n) is 4.61. The predicted octanol–water partition coefficient (Wildman–Crippen LogP) is 3.73. The summed E-state index contributed by atoms with van der Waals surface area (Å²) < 4.78 is 25.0. The molecule has 1 aliphatic heterocycles. The highest BCUT2D eigenvalue weighted by Gasteiger charge is 2.58. The second kappa shape index (κ2) is 7.39. The van der Waals surface area contributed by atoms with Gasteiger partial charge in [-0.3, -0.25) is 14.9 Å². The normalized spacial score (nSPS) is 18.9. The van der Waals surface area contributed by atoms with Gasteiger partial charge >= 0.3 is 0 Å². The van der Waals surface area contributed by atoms with Crippen molar-refractivity contribution >= 4 is 43.5 Å². The average molecular weight is 421 g/mol. The molecule has 1 aliphatic rings. The fraction of sp³-hybridized carbons (Fsp3) is 0.0909. The molecule has 1 atom stereocenters. The van der Waals surface area contributed by atoms with Gasteiger partial charge in [-0.1, -0.05) is 60.4 Å². The van der Waals surface area contributed by atoms with Gasteiger partial charge in [0.05, 0.1) is 4.90 Å². The molecule has 3 aromatic rings. The van der Waals surface area contributed by atoms with Crippen LogP contribution < -0.4 is 5.32 Å². The number of carbonyl (C=O) groups excluding carboxylic acids is 2. The predicted molar refractivity (Wildman–Crippen MR) is 113 cm³/mol. The number of amides is 2. The maximum atomic E-state index is 13.5. The van der Waals surface area contributed by atoms with E-state index in [-0.39, 0.29) is 11.3 Å². The second-order valence-electron chi connectivity index (χ2n) is 6.45. The van der Waals surface area contributed by atoms with Crippen LogP contribution in [-0.2, 0) is 14.6 Å². The number of hydrogen-bond acceptors (Lipinski definition) is 5. The van der Waals surface area contributed by atoms with Crippen molar-refractivity contribution in [2.45, 2.75) is 15.4 Å². The summed E-state index contributed by atoms with van der Waals surface area (Å²) in [5.41, 5.74) is 0.695. The molecule has 1 N–H and O–H groups in total. The molecule has 0 bridgehead atoms. The SMILES string of the molecule is O=C1NC(=O)C(CC#Cc2ccccc2)(S(=O)(=O)c2ccc3ccccc3c2)S1. The number of rotatable bonds is 3. The molecule has 1 unspecified atom stereocenters. The zero-order valence-corrected chi connectivity index (χ0v) is 16.7. The smallest absolute Gasteiger partial charge is 0.285 e. The lowest BCUT2D eigenvalue weighted by molar-refractivity contribution is -0.119. The standard InChI is InChI=1S/C22H15NO4S2/c24-20-22(28-21(25)23-20,14-6-9-16-7-2-1-3-8-16)29(26,27)19-13-12-17-10-4-5-11-18(17)15-19/h1-5,7-8,10-13,15H,14H2,(H,23,24,25). The van der Waals surface area contributed by atoms with Gasteiger partial charge < -0.3 is 0 Å². The molecule has 4 rings (SSSR count). The number of imide groups is 1. The molecule has 1 heterocycles. The van der Waals surface area contributed by atoms with Gasteiger partial charge in [0, 0.05) is 12.0 Å². The van der Waals surface area contributed by atoms with E-state index in [1.807, 2.05) is 30.3 Å². The van der Waals surface area contributed by atoms with Crippen molar-refractivity contribution in [1.29, 1.82) is 0 Å². The first-order valence-corrected chi connectivity index (χ1v) is 11.0. The molecule has 3 aromatic carbocycles. The summed E-state index contributed by atoms with van der Waals surface area (Å²) in [6, 6.07) is 21.0. The summed E-state index contributed by atoms with van der Waals surface area (Å²) in [5.74, 6) is 4.79. The van der Waals surface area contributed by atoms with Crippen LogP contribution in [-0.4, -0.2) is 23.6 Å². The fourth-order valence-electron chi connectivity index (χ4n) is 3.11. The lowest BCUT2D eigenvalue weighted by atomic mass is 10.1. The van der Waals surface area contributed by atoms with E-state index in [1.54, 1.807) is 30.3 Å². The van der Waals surface area contributed by atoms with Crippen molar-refractivity contribution in [3.63, 3.8) is 0 Å². The summed E-state index contributed by atoms with van der Waals surface area (Å²) >= 11 is 0.473. The van der Waals surface area contributed by atoms with Crippen LogP contribution >= 0.6 is 11.8 Å². The monoisotopic (exact) mass is 421 g/mol. The molecule has 144 valence electrons. The Balaban J connectivity index is 1.79. The maximum Gasteiger partial charge on any atom is 0.287 e. The molecule has 1 fully saturated rings. The highest BCUT2D eigenvalue weighted by atomic mass is 32.3. The highest BCUT2D eigenvalue weighted by Crippen LogP contribution is 2.43. The number of nitrogens with one attached hydrogen (secondary N) is 1. The summed E-state index contributed by atoms with van der Waals surface area (Å²) in [5, 5.41) is 3.02. The van der Waals surface area contributed by atoms with Crippen LogP contribution in [0.25, 0.3) is 10.8 Å². The summed E-state index contributed by atoms with van der Waals surface area (Å²) in [4.78, 5) is 24.5. The van der Waals surface area contributed by atoms with Crippen LogP contribution in [0.15, 0.2) is 77.7 Å². The van der Waals surface area contributed by atoms with Crippen molar-refractivity contribution in [2.75, 3.05) is 0 Å². The molecular formula is C22H15NO4S2. The third-order valence-corrected chi connectivity index (χ3v) is 8.54. The van der Waals surface area contributed by atoms with Crippen molar-refractivity contribution < 1.29 is 18.0 Å². The molecule has 1 saturated heterocycles. The molecule has 29 heavy (non-hydrogen) atoms. The molecule has 5 nitrogen and oxygen atoms in total. The van der Waals surface area contributed by atoms with Crippen LogP contribution in [0.1, 0.15) is 12.0 Å². The molecule has 7 heteroatoms. The van der Waals surface area contributed by atoms with E-state index in [0.29, 0.717) is 17.3 Å². The van der Waals surface area contributed by atoms with Gasteiger partial charge in [-0.15, -0.1) is 0 Å². The minimum atomic E-state index is -4.20. The van der Waals surface area contributed by atoms with E-state index in [1.165, 1.54) is 12.1 Å². The van der Waals surface area contributed by atoms with E-state index in [0.717, 1.165) is 10.8 Å². The Hall–Kier alpha value is -3.08. The summed E-state index contributed by atoms with van der Waals surface area (Å²) in [6.07, 6.45) is -0.306. The van der Waals surface area contributed by atoms with Gasteiger partial charge in [-0.2, -0.15) is 0 Å². The largest absolute Gasteiger partial charge is 0.287 e. The molecule has 0 saturated carbocycles. The number of thioether (sulfide) groups is 1. The van der Waals surface area contributed by atoms with Crippen molar-refractivity contribution in [3.05, 3.63) is 78.4 Å². The van der Waals surface area contributed by atoms with Gasteiger partial charge in [-0.25, -0.2) is 8.42 Å². The van der Waals surface area contributed by atoms with Crippen LogP contribution in [0.4, 0.5) is 4.79 Å². The minimum absolute atomic E-state index is 0.0185. The van der Waals surface area contributed by atoms with E-state index in [2.05, 4.69) is 17.2 Å². The van der Waals surface area contributed by atoms with Gasteiger partial charge in [0.15, 0.2) is 0 Å². The Bertz CT molecular complexity index is 1290. The van der Waals surface area contributed by atoms with Gasteiger partial charge in [-0.05, 0) is 46.8 Å². The highest BCUT2D eigenvalue weighted by molar-refractivity contribution is 8.25. The number of hydrogen-bond donors (Lipinski definition) is 1. The van der Waals surface area contributed by atoms with E-state index < -0.39 is 25.1 Å². The molecule has 0 spiro atoms. The molecular weight excluding hydrogens is 406 g/mol. The number of carbonyl (C=O) groups is 2. The van der Waals surface area contributed by atoms with Crippen LogP contribution in [0.2, 0.25) is 0 Å². The fourth-order valence-corrected chi connectivity index (χ4v) is 6.26. The summed E-state index contributed by atoms with van der Waals surface area (Å²) in [7, 11) is -4.20. The van der Waals surface area contributed by atoms with E-state index in [4.69, 9.17) is 0 Å². The van der Waals surface area contributed by atoms with Crippen LogP contribution in [0.5, 0.6) is 0 Å². The van der Waals surface area contributed by atoms with Crippen molar-refractivity contribution in [1.82, 2.24) is 5.32 Å². The van der Waals surface area contributed by atoms with Crippen molar-refractivity contribution in [3.8, 4) is 11.8 Å². The van der Waals surface area contributed by atoms with Crippen LogP contribution in [0.3, 0.4) is 0 Å². The number of fused-ring (bicyclic) bond motifs is 1. The van der Waals surface area contributed by atoms with E-state index >= 15 is 0 Å². The lowest BCUT2D eigenvalue weighted by Crippen LogP contribution is -2.43. The first-order valence-electron chi connectivity index (χ1n) is 8.74. The van der Waals surface area contributed by atoms with Gasteiger partial charge in [0.1, 0.15) is 0 Å². The van der Waals surface area contributed by atoms with Crippen LogP contribution in [0, 0.1) is 11.8 Å². The topological polar surface area (TPSA) is 80.3 Å². The lowest BCUT2D eigenvalue weighted by Gasteiger charge is -2.22. The molecule has 0 aromatic heterocycles. The zero-order valence-electron chi connectivity index (χ0n) is 15.1. The van der Waals surface area contributed by atoms with E-state index in [9.17, 15) is 18.0 Å². The quantitative estimate of drug-likeness (QED) is 0.652. The first kappa shape index (κ1) is 19.2. The average Bonchev–Trinajstić information content (AvgIpc) is 3.03. The Labute approximate surface area is 172 Å². The Morgan fingerprint density at radius 3 is 2.28 bits per heavy atom. The third kappa shape index (κ3) is 3.41. The summed E-state index contributed by atoms with van der Waals surface area (Å²) in [6.45, 7) is 0. The maximum absolute atomic E-state index is 13.5. The minimum Gasteiger partial charge on any atom is -0.285 e. The zero-order chi connectivity index (χ0) is 20.5. The Morgan fingerprint density at radius 1 is 0.897 bits per heavy atom. The number of sulfone groups is 1. The Kier molecular flexibility index (Phi) is 4.91. The first-order chi connectivity index (χ1) is 13.9. The Morgan fingerprint density at radius 2 is 1.59 bits per heavy atom. The second-order valence-corrected chi connectivity index (χ2v) is 10.2. The molecule has 0 aliphatic carbocycles. The molecule has 0 radical (unpaired) electrons. The van der Waals surface area contributed by atoms with Gasteiger partial charge in [0.25, 0.3) is 11.1 Å². The van der Waals surface area contributed by atoms with Gasteiger partial charge in [0.2, 0.25) is 13.9 Å².